The van der Waals surface area contributed by atoms with E-state index in [-0.39, 0.29) is 18.7 Å². The monoisotopic (exact) mass is 374 g/mol. The van der Waals surface area contributed by atoms with Gasteiger partial charge in [-0.2, -0.15) is 0 Å². The summed E-state index contributed by atoms with van der Waals surface area (Å²) in [5.41, 5.74) is 4.39. The number of rotatable bonds is 7. The Morgan fingerprint density at radius 3 is 2.07 bits per heavy atom. The van der Waals surface area contributed by atoms with Crippen LogP contribution in [0.2, 0.25) is 0 Å². The molecule has 4 heteroatoms. The molecule has 1 atom stereocenters. The highest BCUT2D eigenvalue weighted by molar-refractivity contribution is 5.75. The number of nitrogens with zero attached hydrogens (tertiary/aromatic N) is 1. The molecule has 0 heterocycles. The number of carbonyl (C=O) groups is 1. The third kappa shape index (κ3) is 5.21. The Hall–Kier alpha value is -3.11. The topological polar surface area (TPSA) is 52.6 Å². The standard InChI is InChI=1S/C24H26N2O2/c1-19(21-12-14-23(15-13-21)22-10-6-3-7-11-22)25-24(28)26(16-17-27)18-20-8-4-2-5-9-20/h2-15,19,27H,16-18H2,1H3,(H,25,28). The number of hydrogen-bond donors (Lipinski definition) is 2. The highest BCUT2D eigenvalue weighted by Crippen LogP contribution is 2.22. The largest absolute Gasteiger partial charge is 0.395 e. The molecule has 28 heavy (non-hydrogen) atoms. The molecule has 4 nitrogen and oxygen atoms in total. The van der Waals surface area contributed by atoms with Crippen LogP contribution in [-0.2, 0) is 6.54 Å². The first-order chi connectivity index (χ1) is 13.7. The van der Waals surface area contributed by atoms with Crippen LogP contribution in [0.15, 0.2) is 84.9 Å². The molecule has 0 aliphatic heterocycles. The van der Waals surface area contributed by atoms with E-state index in [1.54, 1.807) is 4.90 Å². The van der Waals surface area contributed by atoms with Crippen molar-refractivity contribution in [1.82, 2.24) is 10.2 Å². The van der Waals surface area contributed by atoms with Crippen LogP contribution in [0, 0.1) is 0 Å². The van der Waals surface area contributed by atoms with Crippen LogP contribution in [0.5, 0.6) is 0 Å². The normalized spacial score (nSPS) is 11.6. The Bertz CT molecular complexity index is 864. The third-order valence-corrected chi connectivity index (χ3v) is 4.73. The van der Waals surface area contributed by atoms with Crippen molar-refractivity contribution < 1.29 is 9.90 Å². The first-order valence-corrected chi connectivity index (χ1v) is 9.53. The first-order valence-electron chi connectivity index (χ1n) is 9.53. The lowest BCUT2D eigenvalue weighted by molar-refractivity contribution is 0.171. The number of benzene rings is 3. The fourth-order valence-corrected chi connectivity index (χ4v) is 3.13. The highest BCUT2D eigenvalue weighted by Gasteiger charge is 2.16. The van der Waals surface area contributed by atoms with E-state index in [4.69, 9.17) is 0 Å². The van der Waals surface area contributed by atoms with Crippen LogP contribution in [-0.4, -0.2) is 29.2 Å². The quantitative estimate of drug-likeness (QED) is 0.634. The van der Waals surface area contributed by atoms with Crippen molar-refractivity contribution in [3.63, 3.8) is 0 Å². The molecule has 3 rings (SSSR count). The number of hydrogen-bond acceptors (Lipinski definition) is 2. The van der Waals surface area contributed by atoms with E-state index in [9.17, 15) is 9.90 Å². The minimum Gasteiger partial charge on any atom is -0.395 e. The van der Waals surface area contributed by atoms with Crippen molar-refractivity contribution in [3.8, 4) is 11.1 Å². The second-order valence-corrected chi connectivity index (χ2v) is 6.79. The van der Waals surface area contributed by atoms with E-state index >= 15 is 0 Å². The summed E-state index contributed by atoms with van der Waals surface area (Å²) in [6.07, 6.45) is 0. The summed E-state index contributed by atoms with van der Waals surface area (Å²) >= 11 is 0. The van der Waals surface area contributed by atoms with E-state index in [2.05, 4.69) is 29.6 Å². The van der Waals surface area contributed by atoms with Gasteiger partial charge in [-0.25, -0.2) is 4.79 Å². The average molecular weight is 374 g/mol. The number of aliphatic hydroxyl groups is 1. The number of amides is 2. The molecule has 0 spiro atoms. The third-order valence-electron chi connectivity index (χ3n) is 4.73. The summed E-state index contributed by atoms with van der Waals surface area (Å²) in [5, 5.41) is 12.4. The molecule has 0 aromatic heterocycles. The fraction of sp³-hybridized carbons (Fsp3) is 0.208. The molecule has 144 valence electrons. The van der Waals surface area contributed by atoms with Crippen LogP contribution in [0.4, 0.5) is 4.79 Å². The van der Waals surface area contributed by atoms with Gasteiger partial charge in [0.2, 0.25) is 0 Å². The molecular weight excluding hydrogens is 348 g/mol. The number of nitrogens with one attached hydrogen (secondary N) is 1. The van der Waals surface area contributed by atoms with Gasteiger partial charge in [-0.3, -0.25) is 0 Å². The lowest BCUT2D eigenvalue weighted by Crippen LogP contribution is -2.42. The molecule has 0 saturated carbocycles. The van der Waals surface area contributed by atoms with Gasteiger partial charge in [0.1, 0.15) is 0 Å². The summed E-state index contributed by atoms with van der Waals surface area (Å²) in [6.45, 7) is 2.66. The minimum absolute atomic E-state index is 0.0690. The lowest BCUT2D eigenvalue weighted by Gasteiger charge is -2.25. The molecule has 2 amide bonds. The molecule has 0 fully saturated rings. The van der Waals surface area contributed by atoms with E-state index in [0.29, 0.717) is 13.1 Å². The molecule has 0 radical (unpaired) electrons. The molecule has 0 aliphatic rings. The summed E-state index contributed by atoms with van der Waals surface area (Å²) < 4.78 is 0. The zero-order chi connectivity index (χ0) is 19.8. The molecule has 0 saturated heterocycles. The predicted octanol–water partition coefficient (Wildman–Crippen LogP) is 4.62. The Kier molecular flexibility index (Phi) is 6.82. The molecular formula is C24H26N2O2. The van der Waals surface area contributed by atoms with Gasteiger partial charge in [0.05, 0.1) is 12.6 Å². The molecule has 3 aromatic rings. The van der Waals surface area contributed by atoms with E-state index in [1.165, 1.54) is 5.56 Å². The molecule has 3 aromatic carbocycles. The predicted molar refractivity (Wildman–Crippen MR) is 113 cm³/mol. The van der Waals surface area contributed by atoms with Gasteiger partial charge >= 0.3 is 6.03 Å². The van der Waals surface area contributed by atoms with Gasteiger partial charge in [0.15, 0.2) is 0 Å². The van der Waals surface area contributed by atoms with Crippen molar-refractivity contribution in [1.29, 1.82) is 0 Å². The van der Waals surface area contributed by atoms with Gasteiger partial charge in [-0.05, 0) is 29.2 Å². The van der Waals surface area contributed by atoms with Crippen molar-refractivity contribution >= 4 is 6.03 Å². The summed E-state index contributed by atoms with van der Waals surface area (Å²) in [7, 11) is 0. The van der Waals surface area contributed by atoms with Crippen LogP contribution in [0.3, 0.4) is 0 Å². The van der Waals surface area contributed by atoms with Crippen LogP contribution in [0.1, 0.15) is 24.1 Å². The maximum atomic E-state index is 12.7. The summed E-state index contributed by atoms with van der Waals surface area (Å²) in [4.78, 5) is 14.3. The van der Waals surface area contributed by atoms with Crippen LogP contribution >= 0.6 is 0 Å². The van der Waals surface area contributed by atoms with Crippen molar-refractivity contribution in [3.05, 3.63) is 96.1 Å². The Morgan fingerprint density at radius 1 is 0.893 bits per heavy atom. The minimum atomic E-state index is -0.183. The maximum Gasteiger partial charge on any atom is 0.318 e. The first kappa shape index (κ1) is 19.6. The average Bonchev–Trinajstić information content (AvgIpc) is 2.75. The van der Waals surface area contributed by atoms with Crippen LogP contribution < -0.4 is 5.32 Å². The summed E-state index contributed by atoms with van der Waals surface area (Å²) in [6, 6.07) is 27.9. The van der Waals surface area contributed by atoms with E-state index in [0.717, 1.165) is 16.7 Å². The van der Waals surface area contributed by atoms with E-state index < -0.39 is 0 Å². The Labute approximate surface area is 166 Å². The number of carbonyl (C=O) groups excluding carboxylic acids is 1. The van der Waals surface area contributed by atoms with Gasteiger partial charge in [-0.1, -0.05) is 84.9 Å². The Morgan fingerprint density at radius 2 is 1.46 bits per heavy atom. The highest BCUT2D eigenvalue weighted by atomic mass is 16.3. The van der Waals surface area contributed by atoms with Crippen molar-refractivity contribution in [2.75, 3.05) is 13.2 Å². The summed E-state index contributed by atoms with van der Waals surface area (Å²) in [5.74, 6) is 0. The maximum absolute atomic E-state index is 12.7. The van der Waals surface area contributed by atoms with Crippen LogP contribution in [0.25, 0.3) is 11.1 Å². The van der Waals surface area contributed by atoms with Crippen molar-refractivity contribution in [2.45, 2.75) is 19.5 Å². The lowest BCUT2D eigenvalue weighted by atomic mass is 10.0. The number of urea groups is 1. The second kappa shape index (κ2) is 9.72. The van der Waals surface area contributed by atoms with Gasteiger partial charge < -0.3 is 15.3 Å². The zero-order valence-corrected chi connectivity index (χ0v) is 16.1. The van der Waals surface area contributed by atoms with Gasteiger partial charge in [0.25, 0.3) is 0 Å². The fourth-order valence-electron chi connectivity index (χ4n) is 3.13. The molecule has 0 bridgehead atoms. The Balaban J connectivity index is 1.65. The van der Waals surface area contributed by atoms with E-state index in [1.807, 2.05) is 67.6 Å². The molecule has 0 aliphatic carbocycles. The zero-order valence-electron chi connectivity index (χ0n) is 16.1. The van der Waals surface area contributed by atoms with Crippen molar-refractivity contribution in [2.24, 2.45) is 0 Å². The van der Waals surface area contributed by atoms with Gasteiger partial charge in [0, 0.05) is 13.1 Å². The number of aliphatic hydroxyl groups excluding tert-OH is 1. The SMILES string of the molecule is CC(NC(=O)N(CCO)Cc1ccccc1)c1ccc(-c2ccccc2)cc1. The second-order valence-electron chi connectivity index (χ2n) is 6.79. The van der Waals surface area contributed by atoms with Gasteiger partial charge in [-0.15, -0.1) is 0 Å². The smallest absolute Gasteiger partial charge is 0.318 e. The molecule has 1 unspecified atom stereocenters. The molecule has 2 N–H and O–H groups in total.